The molecule has 23 heavy (non-hydrogen) atoms. The lowest BCUT2D eigenvalue weighted by Gasteiger charge is -2.27. The third kappa shape index (κ3) is 5.86. The van der Waals surface area contributed by atoms with E-state index in [-0.39, 0.29) is 5.97 Å². The summed E-state index contributed by atoms with van der Waals surface area (Å²) in [7, 11) is -0.141. The smallest absolute Gasteiger partial charge is 0.337 e. The molecule has 0 bridgehead atoms. The van der Waals surface area contributed by atoms with E-state index in [4.69, 9.17) is 9.16 Å². The van der Waals surface area contributed by atoms with Gasteiger partial charge < -0.3 is 9.16 Å². The molecule has 0 fully saturated rings. The number of carbonyl (C=O) groups is 1. The molecule has 0 aliphatic rings. The van der Waals surface area contributed by atoms with Crippen LogP contribution < -0.4 is 0 Å². The molecule has 3 nitrogen and oxygen atoms in total. The Hall–Kier alpha value is -1.55. The van der Waals surface area contributed by atoms with Gasteiger partial charge in [0.05, 0.1) is 18.9 Å². The Labute approximate surface area is 141 Å². The van der Waals surface area contributed by atoms with Crippen LogP contribution >= 0.6 is 0 Å². The van der Waals surface area contributed by atoms with E-state index in [0.717, 1.165) is 12.8 Å². The molecule has 0 amide bonds. The second kappa shape index (κ2) is 9.56. The molecule has 0 unspecified atom stereocenters. The van der Waals surface area contributed by atoms with Gasteiger partial charge in [0, 0.05) is 0 Å². The number of aryl methyl sites for hydroxylation is 1. The largest absolute Gasteiger partial charge is 0.549 e. The molecule has 0 N–H and O–H groups in total. The molecule has 0 atom stereocenters. The van der Waals surface area contributed by atoms with Crippen LogP contribution in [0.1, 0.15) is 50.0 Å². The van der Waals surface area contributed by atoms with Crippen molar-refractivity contribution < 1.29 is 14.0 Å². The number of esters is 1. The number of ether oxygens (including phenoxy) is 1. The van der Waals surface area contributed by atoms with Crippen LogP contribution in [0.3, 0.4) is 0 Å². The van der Waals surface area contributed by atoms with Crippen molar-refractivity contribution in [3.8, 4) is 0 Å². The van der Waals surface area contributed by atoms with Gasteiger partial charge in [0.15, 0.2) is 0 Å². The molecule has 0 aromatic heterocycles. The molecule has 0 saturated carbocycles. The minimum Gasteiger partial charge on any atom is -0.549 e. The van der Waals surface area contributed by atoms with Gasteiger partial charge in [-0.3, -0.25) is 0 Å². The Bertz CT molecular complexity index is 508. The zero-order valence-corrected chi connectivity index (χ0v) is 16.1. The van der Waals surface area contributed by atoms with Crippen LogP contribution in [0, 0.1) is 0 Å². The Morgan fingerprint density at radius 3 is 2.13 bits per heavy atom. The molecule has 0 saturated heterocycles. The van der Waals surface area contributed by atoms with Gasteiger partial charge in [-0.05, 0) is 61.2 Å². The first kappa shape index (κ1) is 19.5. The number of carbonyl (C=O) groups excluding carboxylic acids is 1. The van der Waals surface area contributed by atoms with E-state index in [1.54, 1.807) is 0 Å². The summed E-state index contributed by atoms with van der Waals surface area (Å²) in [5.41, 5.74) is 3.08. The van der Waals surface area contributed by atoms with Crippen LogP contribution in [-0.2, 0) is 15.6 Å². The SMILES string of the molecule is CC[Si](CC)(CC)O/C=C(\C)CCc1ccc(C(=O)OC)cc1. The molecule has 0 heterocycles. The highest BCUT2D eigenvalue weighted by Gasteiger charge is 2.29. The maximum Gasteiger partial charge on any atom is 0.337 e. The van der Waals surface area contributed by atoms with Gasteiger partial charge in [-0.25, -0.2) is 4.79 Å². The predicted molar refractivity (Wildman–Crippen MR) is 98.1 cm³/mol. The van der Waals surface area contributed by atoms with E-state index >= 15 is 0 Å². The Balaban J connectivity index is 2.57. The monoisotopic (exact) mass is 334 g/mol. The van der Waals surface area contributed by atoms with Crippen LogP contribution in [0.25, 0.3) is 0 Å². The summed E-state index contributed by atoms with van der Waals surface area (Å²) in [6.07, 6.45) is 3.91. The average molecular weight is 335 g/mol. The van der Waals surface area contributed by atoms with Crippen molar-refractivity contribution in [1.82, 2.24) is 0 Å². The molecular formula is C19H30O3Si. The highest BCUT2D eigenvalue weighted by Crippen LogP contribution is 2.23. The molecule has 128 valence electrons. The molecule has 1 aromatic rings. The first-order valence-corrected chi connectivity index (χ1v) is 11.0. The van der Waals surface area contributed by atoms with Gasteiger partial charge in [0.2, 0.25) is 8.32 Å². The van der Waals surface area contributed by atoms with E-state index in [9.17, 15) is 4.79 Å². The lowest BCUT2D eigenvalue weighted by molar-refractivity contribution is 0.0600. The summed E-state index contributed by atoms with van der Waals surface area (Å²) in [4.78, 5) is 11.4. The summed E-state index contributed by atoms with van der Waals surface area (Å²) in [6, 6.07) is 11.1. The number of hydrogen-bond acceptors (Lipinski definition) is 3. The average Bonchev–Trinajstić information content (AvgIpc) is 2.61. The molecule has 0 spiro atoms. The Morgan fingerprint density at radius 2 is 1.65 bits per heavy atom. The van der Waals surface area contributed by atoms with Crippen molar-refractivity contribution >= 4 is 14.3 Å². The molecular weight excluding hydrogens is 304 g/mol. The summed E-state index contributed by atoms with van der Waals surface area (Å²) in [5.74, 6) is -0.291. The van der Waals surface area contributed by atoms with Gasteiger partial charge >= 0.3 is 5.97 Å². The molecule has 4 heteroatoms. The second-order valence-corrected chi connectivity index (χ2v) is 10.7. The van der Waals surface area contributed by atoms with Crippen molar-refractivity contribution in [1.29, 1.82) is 0 Å². The maximum absolute atomic E-state index is 11.4. The molecule has 0 aliphatic heterocycles. The fourth-order valence-corrected chi connectivity index (χ4v) is 5.00. The van der Waals surface area contributed by atoms with Crippen molar-refractivity contribution in [2.45, 2.75) is 58.7 Å². The van der Waals surface area contributed by atoms with Crippen molar-refractivity contribution in [2.75, 3.05) is 7.11 Å². The van der Waals surface area contributed by atoms with Gasteiger partial charge in [-0.1, -0.05) is 32.9 Å². The van der Waals surface area contributed by atoms with Crippen LogP contribution in [0.5, 0.6) is 0 Å². The molecule has 0 radical (unpaired) electrons. The van der Waals surface area contributed by atoms with Crippen LogP contribution in [0.2, 0.25) is 18.1 Å². The Kier molecular flexibility index (Phi) is 8.10. The number of allylic oxidation sites excluding steroid dienone is 1. The number of rotatable bonds is 9. The van der Waals surface area contributed by atoms with E-state index in [1.165, 1.54) is 36.4 Å². The van der Waals surface area contributed by atoms with Crippen molar-refractivity contribution in [2.24, 2.45) is 0 Å². The molecule has 1 rings (SSSR count). The fourth-order valence-electron chi connectivity index (χ4n) is 2.55. The minimum atomic E-state index is -1.54. The first-order valence-electron chi connectivity index (χ1n) is 8.51. The zero-order valence-electron chi connectivity index (χ0n) is 15.1. The van der Waals surface area contributed by atoms with Crippen LogP contribution in [0.15, 0.2) is 36.1 Å². The predicted octanol–water partition coefficient (Wildman–Crippen LogP) is 5.33. The van der Waals surface area contributed by atoms with E-state index < -0.39 is 8.32 Å². The third-order valence-electron chi connectivity index (χ3n) is 4.63. The van der Waals surface area contributed by atoms with Crippen LogP contribution in [-0.4, -0.2) is 21.4 Å². The summed E-state index contributed by atoms with van der Waals surface area (Å²) < 4.78 is 10.9. The first-order chi connectivity index (χ1) is 11.0. The lowest BCUT2D eigenvalue weighted by atomic mass is 10.0. The summed E-state index contributed by atoms with van der Waals surface area (Å²) in [5, 5.41) is 0. The van der Waals surface area contributed by atoms with Crippen LogP contribution in [0.4, 0.5) is 0 Å². The lowest BCUT2D eigenvalue weighted by Crippen LogP contribution is -2.33. The van der Waals surface area contributed by atoms with Gasteiger partial charge in [-0.2, -0.15) is 0 Å². The topological polar surface area (TPSA) is 35.5 Å². The number of methoxy groups -OCH3 is 1. The number of benzene rings is 1. The standard InChI is InChI=1S/C19H30O3Si/c1-6-23(7-2,8-3)22-15-16(4)9-10-17-11-13-18(14-12-17)19(20)21-5/h11-15H,6-10H2,1-5H3/b16-15+. The quantitative estimate of drug-likeness (QED) is 0.348. The molecule has 0 aliphatic carbocycles. The van der Waals surface area contributed by atoms with E-state index in [1.807, 2.05) is 30.5 Å². The maximum atomic E-state index is 11.4. The normalized spacial score (nSPS) is 12.1. The van der Waals surface area contributed by atoms with Gasteiger partial charge in [-0.15, -0.1) is 0 Å². The second-order valence-electron chi connectivity index (χ2n) is 6.01. The minimum absolute atomic E-state index is 0.291. The van der Waals surface area contributed by atoms with Crippen molar-refractivity contribution in [3.63, 3.8) is 0 Å². The highest BCUT2D eigenvalue weighted by molar-refractivity contribution is 6.73. The highest BCUT2D eigenvalue weighted by atomic mass is 28.4. The van der Waals surface area contributed by atoms with E-state index in [0.29, 0.717) is 5.56 Å². The Morgan fingerprint density at radius 1 is 1.09 bits per heavy atom. The van der Waals surface area contributed by atoms with Gasteiger partial charge in [0.1, 0.15) is 0 Å². The zero-order chi connectivity index (χ0) is 17.3. The summed E-state index contributed by atoms with van der Waals surface area (Å²) in [6.45, 7) is 8.85. The van der Waals surface area contributed by atoms with Crippen molar-refractivity contribution in [3.05, 3.63) is 47.2 Å². The third-order valence-corrected chi connectivity index (χ3v) is 9.11. The van der Waals surface area contributed by atoms with E-state index in [2.05, 4.69) is 27.7 Å². The number of hydrogen-bond donors (Lipinski definition) is 0. The fraction of sp³-hybridized carbons (Fsp3) is 0.526. The molecule has 1 aromatic carbocycles. The summed E-state index contributed by atoms with van der Waals surface area (Å²) >= 11 is 0. The van der Waals surface area contributed by atoms with Gasteiger partial charge in [0.25, 0.3) is 0 Å².